The molecule has 1 aliphatic rings. The van der Waals surface area contributed by atoms with Crippen molar-refractivity contribution in [2.24, 2.45) is 5.73 Å². The molecule has 2 rings (SSSR count). The molecule has 16 heavy (non-hydrogen) atoms. The molecule has 1 saturated carbocycles. The molecule has 0 bridgehead atoms. The minimum atomic E-state index is -0.0775. The highest BCUT2D eigenvalue weighted by atomic mass is 16.5. The Morgan fingerprint density at radius 3 is 2.25 bits per heavy atom. The molecule has 2 heteroatoms. The van der Waals surface area contributed by atoms with Crippen molar-refractivity contribution in [3.63, 3.8) is 0 Å². The van der Waals surface area contributed by atoms with Crippen LogP contribution in [0.1, 0.15) is 41.5 Å². The van der Waals surface area contributed by atoms with Crippen molar-refractivity contribution in [2.75, 3.05) is 7.11 Å². The van der Waals surface area contributed by atoms with E-state index in [2.05, 4.69) is 26.8 Å². The van der Waals surface area contributed by atoms with Gasteiger partial charge in [0, 0.05) is 5.54 Å². The molecular weight excluding hydrogens is 198 g/mol. The number of ether oxygens (including phenoxy) is 1. The molecule has 0 amide bonds. The van der Waals surface area contributed by atoms with Crippen LogP contribution < -0.4 is 10.5 Å². The van der Waals surface area contributed by atoms with Crippen LogP contribution in [-0.2, 0) is 5.54 Å². The maximum Gasteiger partial charge on any atom is 0.124 e. The van der Waals surface area contributed by atoms with Gasteiger partial charge < -0.3 is 10.5 Å². The fraction of sp³-hybridized carbons (Fsp3) is 0.571. The Morgan fingerprint density at radius 1 is 1.19 bits per heavy atom. The van der Waals surface area contributed by atoms with Crippen LogP contribution in [0.15, 0.2) is 6.07 Å². The van der Waals surface area contributed by atoms with E-state index in [1.807, 2.05) is 0 Å². The average molecular weight is 219 g/mol. The first-order chi connectivity index (χ1) is 7.49. The van der Waals surface area contributed by atoms with Gasteiger partial charge in [0.2, 0.25) is 0 Å². The van der Waals surface area contributed by atoms with Gasteiger partial charge in [-0.3, -0.25) is 0 Å². The number of hydrogen-bond donors (Lipinski definition) is 1. The van der Waals surface area contributed by atoms with Crippen LogP contribution in [0.2, 0.25) is 0 Å². The Bertz CT molecular complexity index is 419. The molecule has 0 aromatic heterocycles. The predicted molar refractivity (Wildman–Crippen MR) is 66.9 cm³/mol. The summed E-state index contributed by atoms with van der Waals surface area (Å²) in [4.78, 5) is 0. The molecule has 1 aromatic carbocycles. The molecule has 2 N–H and O–H groups in total. The molecular formula is C14H21NO. The van der Waals surface area contributed by atoms with Crippen LogP contribution in [0.4, 0.5) is 0 Å². The fourth-order valence-corrected chi connectivity index (χ4v) is 2.72. The Kier molecular flexibility index (Phi) is 2.70. The first-order valence-electron chi connectivity index (χ1n) is 5.94. The van der Waals surface area contributed by atoms with E-state index in [4.69, 9.17) is 10.5 Å². The third-order valence-electron chi connectivity index (χ3n) is 4.01. The smallest absolute Gasteiger partial charge is 0.124 e. The fourth-order valence-electron chi connectivity index (χ4n) is 2.72. The lowest BCUT2D eigenvalue weighted by Gasteiger charge is -2.40. The van der Waals surface area contributed by atoms with Crippen molar-refractivity contribution in [2.45, 2.75) is 45.6 Å². The van der Waals surface area contributed by atoms with Crippen LogP contribution in [0, 0.1) is 20.8 Å². The van der Waals surface area contributed by atoms with Crippen LogP contribution in [-0.4, -0.2) is 7.11 Å². The zero-order chi connectivity index (χ0) is 11.9. The summed E-state index contributed by atoms with van der Waals surface area (Å²) in [5.41, 5.74) is 11.4. The second-order valence-corrected chi connectivity index (χ2v) is 5.03. The van der Waals surface area contributed by atoms with Crippen LogP contribution in [0.25, 0.3) is 0 Å². The van der Waals surface area contributed by atoms with Gasteiger partial charge in [0.1, 0.15) is 5.75 Å². The number of nitrogens with two attached hydrogens (primary N) is 1. The normalized spacial score (nSPS) is 18.1. The number of aryl methyl sites for hydroxylation is 1. The van der Waals surface area contributed by atoms with Gasteiger partial charge in [0.25, 0.3) is 0 Å². The Labute approximate surface area is 97.8 Å². The Balaban J connectivity index is 2.56. The van der Waals surface area contributed by atoms with Crippen LogP contribution in [0.3, 0.4) is 0 Å². The number of hydrogen-bond acceptors (Lipinski definition) is 2. The van der Waals surface area contributed by atoms with Gasteiger partial charge in [-0.05, 0) is 62.3 Å². The van der Waals surface area contributed by atoms with E-state index in [1.54, 1.807) is 7.11 Å². The van der Waals surface area contributed by atoms with E-state index < -0.39 is 0 Å². The molecule has 1 aliphatic carbocycles. The molecule has 1 aromatic rings. The topological polar surface area (TPSA) is 35.2 Å². The summed E-state index contributed by atoms with van der Waals surface area (Å²) in [5, 5.41) is 0. The zero-order valence-corrected chi connectivity index (χ0v) is 10.7. The minimum Gasteiger partial charge on any atom is -0.496 e. The zero-order valence-electron chi connectivity index (χ0n) is 10.7. The molecule has 0 heterocycles. The number of methoxy groups -OCH3 is 1. The van der Waals surface area contributed by atoms with E-state index in [0.717, 1.165) is 18.6 Å². The Morgan fingerprint density at radius 2 is 1.81 bits per heavy atom. The van der Waals surface area contributed by atoms with Crippen LogP contribution >= 0.6 is 0 Å². The second-order valence-electron chi connectivity index (χ2n) is 5.03. The molecule has 0 aliphatic heterocycles. The third-order valence-corrected chi connectivity index (χ3v) is 4.01. The van der Waals surface area contributed by atoms with E-state index in [0.29, 0.717) is 0 Å². The second kappa shape index (κ2) is 3.77. The lowest BCUT2D eigenvalue weighted by molar-refractivity contribution is 0.252. The molecule has 0 radical (unpaired) electrons. The highest BCUT2D eigenvalue weighted by molar-refractivity contribution is 5.51. The van der Waals surface area contributed by atoms with Crippen molar-refractivity contribution >= 4 is 0 Å². The van der Waals surface area contributed by atoms with Crippen LogP contribution in [0.5, 0.6) is 5.75 Å². The summed E-state index contributed by atoms with van der Waals surface area (Å²) >= 11 is 0. The molecule has 0 spiro atoms. The monoisotopic (exact) mass is 219 g/mol. The first kappa shape index (κ1) is 11.5. The highest BCUT2D eigenvalue weighted by Gasteiger charge is 2.36. The minimum absolute atomic E-state index is 0.0775. The lowest BCUT2D eigenvalue weighted by Crippen LogP contribution is -2.44. The van der Waals surface area contributed by atoms with Gasteiger partial charge >= 0.3 is 0 Å². The van der Waals surface area contributed by atoms with Gasteiger partial charge in [0.05, 0.1) is 7.11 Å². The molecule has 2 nitrogen and oxygen atoms in total. The summed E-state index contributed by atoms with van der Waals surface area (Å²) in [7, 11) is 1.73. The Hall–Kier alpha value is -1.02. The molecule has 0 saturated heterocycles. The van der Waals surface area contributed by atoms with Gasteiger partial charge in [-0.2, -0.15) is 0 Å². The predicted octanol–water partition coefficient (Wildman–Crippen LogP) is 2.96. The largest absolute Gasteiger partial charge is 0.496 e. The van der Waals surface area contributed by atoms with Crippen molar-refractivity contribution in [3.05, 3.63) is 28.3 Å². The SMILES string of the molecule is COc1c(C)cc(C2(N)CCC2)c(C)c1C. The first-order valence-corrected chi connectivity index (χ1v) is 5.94. The molecule has 0 unspecified atom stereocenters. The molecule has 88 valence electrons. The summed E-state index contributed by atoms with van der Waals surface area (Å²) in [6, 6.07) is 2.21. The lowest BCUT2D eigenvalue weighted by atomic mass is 9.70. The number of benzene rings is 1. The van der Waals surface area contributed by atoms with E-state index >= 15 is 0 Å². The van der Waals surface area contributed by atoms with Crippen molar-refractivity contribution < 1.29 is 4.74 Å². The highest BCUT2D eigenvalue weighted by Crippen LogP contribution is 2.43. The summed E-state index contributed by atoms with van der Waals surface area (Å²) < 4.78 is 5.44. The van der Waals surface area contributed by atoms with E-state index in [-0.39, 0.29) is 5.54 Å². The third kappa shape index (κ3) is 1.52. The van der Waals surface area contributed by atoms with E-state index in [9.17, 15) is 0 Å². The van der Waals surface area contributed by atoms with Crippen molar-refractivity contribution in [3.8, 4) is 5.75 Å². The quantitative estimate of drug-likeness (QED) is 0.830. The van der Waals surface area contributed by atoms with Crippen molar-refractivity contribution in [1.29, 1.82) is 0 Å². The molecule has 1 fully saturated rings. The van der Waals surface area contributed by atoms with Gasteiger partial charge in [-0.25, -0.2) is 0 Å². The van der Waals surface area contributed by atoms with E-state index in [1.165, 1.54) is 28.7 Å². The number of rotatable bonds is 2. The van der Waals surface area contributed by atoms with Crippen molar-refractivity contribution in [1.82, 2.24) is 0 Å². The maximum absolute atomic E-state index is 6.41. The summed E-state index contributed by atoms with van der Waals surface area (Å²) in [6.07, 6.45) is 3.47. The maximum atomic E-state index is 6.41. The van der Waals surface area contributed by atoms with Gasteiger partial charge in [-0.15, -0.1) is 0 Å². The summed E-state index contributed by atoms with van der Waals surface area (Å²) in [6.45, 7) is 6.36. The van der Waals surface area contributed by atoms with Gasteiger partial charge in [-0.1, -0.05) is 6.07 Å². The standard InChI is InChI=1S/C14H21NO/c1-9-8-12(14(15)6-5-7-14)10(2)11(3)13(9)16-4/h8H,5-7,15H2,1-4H3. The molecule has 0 atom stereocenters. The van der Waals surface area contributed by atoms with Gasteiger partial charge in [0.15, 0.2) is 0 Å². The summed E-state index contributed by atoms with van der Waals surface area (Å²) in [5.74, 6) is 1.00. The average Bonchev–Trinajstić information content (AvgIpc) is 2.21.